The number of para-hydroxylation sites is 2. The average Bonchev–Trinajstić information content (AvgIpc) is 2.24. The largest absolute Gasteiger partial charge is 0.495 e. The van der Waals surface area contributed by atoms with E-state index in [0.29, 0.717) is 5.75 Å². The van der Waals surface area contributed by atoms with Gasteiger partial charge in [0.2, 0.25) is 6.23 Å². The predicted molar refractivity (Wildman–Crippen MR) is 53.5 cm³/mol. The lowest BCUT2D eigenvalue weighted by atomic mass is 10.3. The molecule has 0 unspecified atom stereocenters. The zero-order chi connectivity index (χ0) is 12.2. The van der Waals surface area contributed by atoms with Gasteiger partial charge in [-0.15, -0.1) is 0 Å². The summed E-state index contributed by atoms with van der Waals surface area (Å²) < 4.78 is 46.5. The summed E-state index contributed by atoms with van der Waals surface area (Å²) in [7, 11) is 2.37. The molecule has 90 valence electrons. The Hall–Kier alpha value is -1.43. The second-order valence-corrected chi connectivity index (χ2v) is 3.00. The number of methoxy groups -OCH3 is 2. The van der Waals surface area contributed by atoms with E-state index in [2.05, 4.69) is 10.1 Å². The Morgan fingerprint density at radius 2 is 1.81 bits per heavy atom. The van der Waals surface area contributed by atoms with Crippen LogP contribution < -0.4 is 10.1 Å². The second-order valence-electron chi connectivity index (χ2n) is 3.00. The first-order valence-electron chi connectivity index (χ1n) is 4.48. The van der Waals surface area contributed by atoms with Crippen LogP contribution in [0.25, 0.3) is 0 Å². The van der Waals surface area contributed by atoms with Gasteiger partial charge in [0, 0.05) is 7.11 Å². The van der Waals surface area contributed by atoms with Crippen LogP contribution in [0, 0.1) is 0 Å². The lowest BCUT2D eigenvalue weighted by molar-refractivity contribution is -0.202. The summed E-state index contributed by atoms with van der Waals surface area (Å²) in [5, 5.41) is 2.22. The summed E-state index contributed by atoms with van der Waals surface area (Å²) in [6.07, 6.45) is -6.53. The molecule has 0 spiro atoms. The summed E-state index contributed by atoms with van der Waals surface area (Å²) >= 11 is 0. The smallest absolute Gasteiger partial charge is 0.433 e. The highest BCUT2D eigenvalue weighted by Crippen LogP contribution is 2.29. The van der Waals surface area contributed by atoms with Gasteiger partial charge in [-0.05, 0) is 12.1 Å². The van der Waals surface area contributed by atoms with E-state index in [1.807, 2.05) is 0 Å². The van der Waals surface area contributed by atoms with Crippen molar-refractivity contribution in [1.29, 1.82) is 0 Å². The van der Waals surface area contributed by atoms with Crippen molar-refractivity contribution in [3.63, 3.8) is 0 Å². The molecule has 0 aromatic heterocycles. The third-order valence-corrected chi connectivity index (χ3v) is 1.93. The molecule has 0 saturated carbocycles. The zero-order valence-electron chi connectivity index (χ0n) is 8.84. The minimum absolute atomic E-state index is 0.231. The second kappa shape index (κ2) is 5.07. The molecule has 0 saturated heterocycles. The van der Waals surface area contributed by atoms with Crippen LogP contribution in [0.3, 0.4) is 0 Å². The van der Waals surface area contributed by atoms with Gasteiger partial charge in [-0.2, -0.15) is 13.2 Å². The fraction of sp³-hybridized carbons (Fsp3) is 0.400. The summed E-state index contributed by atoms with van der Waals surface area (Å²) in [6, 6.07) is 6.31. The number of nitrogens with one attached hydrogen (secondary N) is 1. The van der Waals surface area contributed by atoms with Gasteiger partial charge < -0.3 is 14.8 Å². The fourth-order valence-corrected chi connectivity index (χ4v) is 1.18. The predicted octanol–water partition coefficient (Wildman–Crippen LogP) is 2.64. The van der Waals surface area contributed by atoms with Crippen LogP contribution in [0.5, 0.6) is 5.75 Å². The first-order chi connectivity index (χ1) is 7.49. The minimum Gasteiger partial charge on any atom is -0.495 e. The van der Waals surface area contributed by atoms with Gasteiger partial charge in [0.05, 0.1) is 12.8 Å². The van der Waals surface area contributed by atoms with Crippen molar-refractivity contribution >= 4 is 5.69 Å². The Bertz CT molecular complexity index is 341. The van der Waals surface area contributed by atoms with E-state index in [1.165, 1.54) is 13.2 Å². The number of alkyl halides is 3. The van der Waals surface area contributed by atoms with Crippen molar-refractivity contribution in [2.45, 2.75) is 12.4 Å². The van der Waals surface area contributed by atoms with Crippen molar-refractivity contribution in [3.8, 4) is 5.75 Å². The van der Waals surface area contributed by atoms with Gasteiger partial charge >= 0.3 is 6.18 Å². The highest BCUT2D eigenvalue weighted by Gasteiger charge is 2.40. The molecule has 3 nitrogen and oxygen atoms in total. The minimum atomic E-state index is -4.48. The molecule has 1 aromatic rings. The van der Waals surface area contributed by atoms with E-state index >= 15 is 0 Å². The number of rotatable bonds is 4. The third-order valence-electron chi connectivity index (χ3n) is 1.93. The van der Waals surface area contributed by atoms with Gasteiger partial charge in [-0.3, -0.25) is 0 Å². The molecule has 0 heterocycles. The van der Waals surface area contributed by atoms with Gasteiger partial charge in [0.15, 0.2) is 0 Å². The molecule has 0 aliphatic heterocycles. The number of ether oxygens (including phenoxy) is 2. The SMILES string of the molecule is COc1ccccc1N[C@@H](OC)C(F)(F)F. The molecule has 0 bridgehead atoms. The lowest BCUT2D eigenvalue weighted by Gasteiger charge is -2.21. The molecule has 0 fully saturated rings. The van der Waals surface area contributed by atoms with Crippen molar-refractivity contribution in [3.05, 3.63) is 24.3 Å². The third kappa shape index (κ3) is 3.03. The van der Waals surface area contributed by atoms with Gasteiger partial charge in [0.1, 0.15) is 5.75 Å². The number of hydrogen-bond acceptors (Lipinski definition) is 3. The highest BCUT2D eigenvalue weighted by molar-refractivity contribution is 5.56. The molecule has 1 rings (SSSR count). The molecule has 0 aliphatic carbocycles. The Balaban J connectivity index is 2.86. The Kier molecular flexibility index (Phi) is 4.00. The summed E-state index contributed by atoms with van der Waals surface area (Å²) in [5.74, 6) is 0.328. The maximum absolute atomic E-state index is 12.4. The normalized spacial score (nSPS) is 13.3. The maximum Gasteiger partial charge on any atom is 0.433 e. The maximum atomic E-state index is 12.4. The standard InChI is InChI=1S/C10H12F3NO2/c1-15-8-6-4-3-5-7(8)14-9(16-2)10(11,12)13/h3-6,9,14H,1-2H3/t9-/m0/s1. The van der Waals surface area contributed by atoms with Crippen molar-refractivity contribution in [2.24, 2.45) is 0 Å². The van der Waals surface area contributed by atoms with Crippen LogP contribution in [0.1, 0.15) is 0 Å². The van der Waals surface area contributed by atoms with Gasteiger partial charge in [0.25, 0.3) is 0 Å². The quantitative estimate of drug-likeness (QED) is 0.814. The summed E-state index contributed by atoms with van der Waals surface area (Å²) in [4.78, 5) is 0. The van der Waals surface area contributed by atoms with Crippen LogP contribution >= 0.6 is 0 Å². The molecule has 0 amide bonds. The van der Waals surface area contributed by atoms with E-state index in [4.69, 9.17) is 4.74 Å². The Labute approximate surface area is 91.2 Å². The summed E-state index contributed by atoms with van der Waals surface area (Å²) in [6.45, 7) is 0. The van der Waals surface area contributed by atoms with E-state index in [0.717, 1.165) is 7.11 Å². The first-order valence-corrected chi connectivity index (χ1v) is 4.48. The first kappa shape index (κ1) is 12.6. The Morgan fingerprint density at radius 1 is 1.19 bits per heavy atom. The lowest BCUT2D eigenvalue weighted by Crippen LogP contribution is -2.37. The van der Waals surface area contributed by atoms with Crippen molar-refractivity contribution < 1.29 is 22.6 Å². The average molecular weight is 235 g/mol. The van der Waals surface area contributed by atoms with E-state index in [-0.39, 0.29) is 5.69 Å². The van der Waals surface area contributed by atoms with Gasteiger partial charge in [-0.25, -0.2) is 0 Å². The highest BCUT2D eigenvalue weighted by atomic mass is 19.4. The molecular weight excluding hydrogens is 223 g/mol. The van der Waals surface area contributed by atoms with Crippen LogP contribution in [0.2, 0.25) is 0 Å². The number of halogens is 3. The number of anilines is 1. The van der Waals surface area contributed by atoms with E-state index in [9.17, 15) is 13.2 Å². The van der Waals surface area contributed by atoms with Crippen LogP contribution in [-0.4, -0.2) is 26.6 Å². The van der Waals surface area contributed by atoms with Crippen LogP contribution in [-0.2, 0) is 4.74 Å². The molecular formula is C10H12F3NO2. The van der Waals surface area contributed by atoms with Crippen molar-refractivity contribution in [2.75, 3.05) is 19.5 Å². The van der Waals surface area contributed by atoms with Gasteiger partial charge in [-0.1, -0.05) is 12.1 Å². The summed E-state index contributed by atoms with van der Waals surface area (Å²) in [5.41, 5.74) is 0.231. The number of hydrogen-bond donors (Lipinski definition) is 1. The van der Waals surface area contributed by atoms with Crippen LogP contribution in [0.15, 0.2) is 24.3 Å². The molecule has 0 aliphatic rings. The van der Waals surface area contributed by atoms with Crippen LogP contribution in [0.4, 0.5) is 18.9 Å². The number of benzene rings is 1. The fourth-order valence-electron chi connectivity index (χ4n) is 1.18. The van der Waals surface area contributed by atoms with Crippen molar-refractivity contribution in [1.82, 2.24) is 0 Å². The molecule has 6 heteroatoms. The molecule has 1 aromatic carbocycles. The molecule has 0 radical (unpaired) electrons. The van der Waals surface area contributed by atoms with E-state index in [1.54, 1.807) is 18.2 Å². The molecule has 16 heavy (non-hydrogen) atoms. The Morgan fingerprint density at radius 3 is 2.31 bits per heavy atom. The molecule has 1 atom stereocenters. The monoisotopic (exact) mass is 235 g/mol. The van der Waals surface area contributed by atoms with E-state index < -0.39 is 12.4 Å². The zero-order valence-corrected chi connectivity index (χ0v) is 8.84. The molecule has 1 N–H and O–H groups in total. The topological polar surface area (TPSA) is 30.5 Å².